The molecule has 0 saturated heterocycles. The van der Waals surface area contributed by atoms with Gasteiger partial charge in [0.05, 0.1) is 6.42 Å². The van der Waals surface area contributed by atoms with Crippen LogP contribution < -0.4 is 15.4 Å². The number of nitrogens with one attached hydrogen (secondary N) is 2. The summed E-state index contributed by atoms with van der Waals surface area (Å²) in [5.74, 6) is 0.353. The highest BCUT2D eigenvalue weighted by Crippen LogP contribution is 2.15. The van der Waals surface area contributed by atoms with Crippen LogP contribution in [0.5, 0.6) is 5.75 Å². The third-order valence-electron chi connectivity index (χ3n) is 5.09. The normalized spacial score (nSPS) is 11.6. The summed E-state index contributed by atoms with van der Waals surface area (Å²) in [5, 5.41) is 5.82. The average molecular weight is 431 g/mol. The molecular weight excluding hydrogens is 400 g/mol. The molecule has 0 aliphatic carbocycles. The van der Waals surface area contributed by atoms with Crippen molar-refractivity contribution in [2.24, 2.45) is 5.92 Å². The summed E-state index contributed by atoms with van der Waals surface area (Å²) < 4.78 is 5.86. The number of ether oxygens (including phenoxy) is 1. The predicted octanol–water partition coefficient (Wildman–Crippen LogP) is 4.27. The number of amides is 2. The number of hydrogen-bond acceptors (Lipinski definition) is 3. The van der Waals surface area contributed by atoms with Crippen LogP contribution in [0.3, 0.4) is 0 Å². The molecule has 1 atom stereocenters. The maximum absolute atomic E-state index is 12.8. The van der Waals surface area contributed by atoms with Gasteiger partial charge < -0.3 is 15.4 Å². The fourth-order valence-electron chi connectivity index (χ4n) is 3.33. The summed E-state index contributed by atoms with van der Waals surface area (Å²) in [6.45, 7) is 4.69. The summed E-state index contributed by atoms with van der Waals surface area (Å²) >= 11 is 0. The van der Waals surface area contributed by atoms with Crippen LogP contribution in [0.4, 0.5) is 0 Å². The molecule has 0 spiro atoms. The molecular formula is C27H30N2O3. The van der Waals surface area contributed by atoms with Crippen molar-refractivity contribution in [2.75, 3.05) is 0 Å². The topological polar surface area (TPSA) is 67.4 Å². The molecule has 5 nitrogen and oxygen atoms in total. The highest BCUT2D eigenvalue weighted by Gasteiger charge is 2.24. The zero-order chi connectivity index (χ0) is 22.8. The standard InChI is InChI=1S/C27H30N2O3/c1-20(2)26(29-25(30)17-21-10-5-3-6-11-21)27(31)28-18-23-14-9-15-24(16-23)32-19-22-12-7-4-8-13-22/h3-16,20,26H,17-19H2,1-2H3,(H,28,31)(H,29,30). The molecule has 0 fully saturated rings. The fraction of sp³-hybridized carbons (Fsp3) is 0.259. The lowest BCUT2D eigenvalue weighted by atomic mass is 10.0. The maximum Gasteiger partial charge on any atom is 0.243 e. The number of benzene rings is 3. The Bertz CT molecular complexity index is 1000. The van der Waals surface area contributed by atoms with E-state index in [1.807, 2.05) is 98.8 Å². The first kappa shape index (κ1) is 23.1. The second-order valence-corrected chi connectivity index (χ2v) is 8.09. The van der Waals surface area contributed by atoms with Gasteiger partial charge in [0, 0.05) is 6.54 Å². The van der Waals surface area contributed by atoms with Crippen molar-refractivity contribution in [3.05, 3.63) is 102 Å². The third-order valence-corrected chi connectivity index (χ3v) is 5.09. The van der Waals surface area contributed by atoms with Gasteiger partial charge >= 0.3 is 0 Å². The van der Waals surface area contributed by atoms with Crippen molar-refractivity contribution in [1.82, 2.24) is 10.6 Å². The Morgan fingerprint density at radius 2 is 1.44 bits per heavy atom. The molecule has 166 valence electrons. The predicted molar refractivity (Wildman–Crippen MR) is 126 cm³/mol. The van der Waals surface area contributed by atoms with Crippen molar-refractivity contribution < 1.29 is 14.3 Å². The zero-order valence-electron chi connectivity index (χ0n) is 18.6. The number of carbonyl (C=O) groups is 2. The van der Waals surface area contributed by atoms with Crippen molar-refractivity contribution in [2.45, 2.75) is 39.5 Å². The van der Waals surface area contributed by atoms with Gasteiger partial charge in [-0.2, -0.15) is 0 Å². The summed E-state index contributed by atoms with van der Waals surface area (Å²) in [5.41, 5.74) is 2.94. The van der Waals surface area contributed by atoms with Crippen LogP contribution in [0.25, 0.3) is 0 Å². The van der Waals surface area contributed by atoms with Gasteiger partial charge in [-0.25, -0.2) is 0 Å². The molecule has 0 aliphatic rings. The van der Waals surface area contributed by atoms with Gasteiger partial charge in [0.1, 0.15) is 18.4 Å². The quantitative estimate of drug-likeness (QED) is 0.505. The Morgan fingerprint density at radius 3 is 2.09 bits per heavy atom. The minimum absolute atomic E-state index is 0.0322. The molecule has 0 heterocycles. The average Bonchev–Trinajstić information content (AvgIpc) is 2.81. The molecule has 0 aromatic heterocycles. The van der Waals surface area contributed by atoms with E-state index >= 15 is 0 Å². The van der Waals surface area contributed by atoms with Crippen LogP contribution >= 0.6 is 0 Å². The van der Waals surface area contributed by atoms with Crippen molar-refractivity contribution >= 4 is 11.8 Å². The molecule has 3 rings (SSSR count). The van der Waals surface area contributed by atoms with E-state index in [0.717, 1.165) is 22.4 Å². The van der Waals surface area contributed by atoms with Gasteiger partial charge in [-0.05, 0) is 34.7 Å². The summed E-state index contributed by atoms with van der Waals surface area (Å²) in [6.07, 6.45) is 0.248. The summed E-state index contributed by atoms with van der Waals surface area (Å²) in [4.78, 5) is 25.2. The molecule has 2 N–H and O–H groups in total. The molecule has 0 bridgehead atoms. The number of rotatable bonds is 10. The van der Waals surface area contributed by atoms with Gasteiger partial charge in [-0.3, -0.25) is 9.59 Å². The SMILES string of the molecule is CC(C)C(NC(=O)Cc1ccccc1)C(=O)NCc1cccc(OCc2ccccc2)c1. The number of carbonyl (C=O) groups excluding carboxylic acids is 2. The molecule has 0 saturated carbocycles. The minimum Gasteiger partial charge on any atom is -0.489 e. The molecule has 3 aromatic rings. The van der Waals surface area contributed by atoms with Gasteiger partial charge in [0.15, 0.2) is 0 Å². The fourth-order valence-corrected chi connectivity index (χ4v) is 3.33. The van der Waals surface area contributed by atoms with Crippen LogP contribution in [0.2, 0.25) is 0 Å². The third kappa shape index (κ3) is 7.27. The van der Waals surface area contributed by atoms with Gasteiger partial charge in [-0.15, -0.1) is 0 Å². The Kier molecular flexibility index (Phi) is 8.44. The van der Waals surface area contributed by atoms with Gasteiger partial charge in [0.25, 0.3) is 0 Å². The highest BCUT2D eigenvalue weighted by molar-refractivity contribution is 5.88. The van der Waals surface area contributed by atoms with E-state index in [4.69, 9.17) is 4.74 Å². The highest BCUT2D eigenvalue weighted by atomic mass is 16.5. The van der Waals surface area contributed by atoms with E-state index in [-0.39, 0.29) is 24.2 Å². The van der Waals surface area contributed by atoms with Crippen LogP contribution in [0.1, 0.15) is 30.5 Å². The van der Waals surface area contributed by atoms with Crippen molar-refractivity contribution in [3.63, 3.8) is 0 Å². The maximum atomic E-state index is 12.8. The van der Waals surface area contributed by atoms with Crippen molar-refractivity contribution in [1.29, 1.82) is 0 Å². The van der Waals surface area contributed by atoms with Crippen molar-refractivity contribution in [3.8, 4) is 5.75 Å². The van der Waals surface area contributed by atoms with E-state index < -0.39 is 6.04 Å². The Hall–Kier alpha value is -3.60. The Balaban J connectivity index is 1.52. The van der Waals surface area contributed by atoms with Gasteiger partial charge in [-0.1, -0.05) is 86.6 Å². The molecule has 3 aromatic carbocycles. The Labute approximate surface area is 189 Å². The van der Waals surface area contributed by atoms with Crippen LogP contribution in [-0.2, 0) is 29.2 Å². The first-order valence-electron chi connectivity index (χ1n) is 10.9. The monoisotopic (exact) mass is 430 g/mol. The molecule has 32 heavy (non-hydrogen) atoms. The first-order chi connectivity index (χ1) is 15.5. The molecule has 0 radical (unpaired) electrons. The van der Waals surface area contributed by atoms with E-state index in [1.165, 1.54) is 0 Å². The molecule has 0 aliphatic heterocycles. The zero-order valence-corrected chi connectivity index (χ0v) is 18.6. The summed E-state index contributed by atoms with van der Waals surface area (Å²) in [7, 11) is 0. The van der Waals surface area contributed by atoms with Crippen LogP contribution in [0, 0.1) is 5.92 Å². The van der Waals surface area contributed by atoms with E-state index in [0.29, 0.717) is 13.2 Å². The Morgan fingerprint density at radius 1 is 0.812 bits per heavy atom. The number of hydrogen-bond donors (Lipinski definition) is 2. The first-order valence-corrected chi connectivity index (χ1v) is 10.9. The molecule has 2 amide bonds. The second kappa shape index (κ2) is 11.7. The lowest BCUT2D eigenvalue weighted by Crippen LogP contribution is -2.49. The summed E-state index contributed by atoms with van der Waals surface area (Å²) in [6, 6.07) is 26.5. The van der Waals surface area contributed by atoms with E-state index in [1.54, 1.807) is 0 Å². The van der Waals surface area contributed by atoms with E-state index in [2.05, 4.69) is 10.6 Å². The van der Waals surface area contributed by atoms with Gasteiger partial charge in [0.2, 0.25) is 11.8 Å². The lowest BCUT2D eigenvalue weighted by Gasteiger charge is -2.22. The largest absolute Gasteiger partial charge is 0.489 e. The lowest BCUT2D eigenvalue weighted by molar-refractivity contribution is -0.129. The smallest absolute Gasteiger partial charge is 0.243 e. The van der Waals surface area contributed by atoms with Crippen LogP contribution in [0.15, 0.2) is 84.9 Å². The van der Waals surface area contributed by atoms with Crippen LogP contribution in [-0.4, -0.2) is 17.9 Å². The molecule has 5 heteroatoms. The van der Waals surface area contributed by atoms with E-state index in [9.17, 15) is 9.59 Å². The second-order valence-electron chi connectivity index (χ2n) is 8.09. The molecule has 1 unspecified atom stereocenters. The minimum atomic E-state index is -0.594.